The van der Waals surface area contributed by atoms with Gasteiger partial charge in [0.15, 0.2) is 0 Å². The van der Waals surface area contributed by atoms with Gasteiger partial charge in [-0.2, -0.15) is 0 Å². The second kappa shape index (κ2) is 27.6. The Kier molecular flexibility index (Phi) is 25.5. The summed E-state index contributed by atoms with van der Waals surface area (Å²) in [5.41, 5.74) is 2.59. The zero-order valence-corrected chi connectivity index (χ0v) is 26.5. The van der Waals surface area contributed by atoms with Crippen LogP contribution in [0.3, 0.4) is 0 Å². The SMILES string of the molecule is CCCCCCCCCCCCCCCc1cc(CCCCCCCCCCCCCCC)nc(CC)n1. The van der Waals surface area contributed by atoms with Crippen molar-refractivity contribution in [3.8, 4) is 0 Å². The van der Waals surface area contributed by atoms with Crippen LogP contribution in [0.1, 0.15) is 205 Å². The van der Waals surface area contributed by atoms with Gasteiger partial charge in [0.2, 0.25) is 0 Å². The predicted octanol–water partition coefficient (Wildman–Crippen LogP) is 12.3. The van der Waals surface area contributed by atoms with Gasteiger partial charge in [0.1, 0.15) is 5.82 Å². The van der Waals surface area contributed by atoms with E-state index in [-0.39, 0.29) is 0 Å². The van der Waals surface area contributed by atoms with E-state index in [1.165, 1.54) is 178 Å². The summed E-state index contributed by atoms with van der Waals surface area (Å²) in [6.07, 6.45) is 40.0. The van der Waals surface area contributed by atoms with Crippen LogP contribution >= 0.6 is 0 Å². The average Bonchev–Trinajstić information content (AvgIpc) is 2.93. The number of hydrogen-bond donors (Lipinski definition) is 0. The highest BCUT2D eigenvalue weighted by atomic mass is 14.9. The van der Waals surface area contributed by atoms with Gasteiger partial charge in [-0.25, -0.2) is 9.97 Å². The number of rotatable bonds is 29. The number of nitrogens with zero attached hydrogens (tertiary/aromatic N) is 2. The van der Waals surface area contributed by atoms with Crippen molar-refractivity contribution in [1.82, 2.24) is 9.97 Å². The lowest BCUT2D eigenvalue weighted by molar-refractivity contribution is 0.537. The topological polar surface area (TPSA) is 25.8 Å². The second-order valence-corrected chi connectivity index (χ2v) is 12.1. The predicted molar refractivity (Wildman–Crippen MR) is 170 cm³/mol. The van der Waals surface area contributed by atoms with Gasteiger partial charge in [-0.3, -0.25) is 0 Å². The molecular weight excluding hydrogens is 460 g/mol. The summed E-state index contributed by atoms with van der Waals surface area (Å²) in [4.78, 5) is 9.70. The zero-order chi connectivity index (χ0) is 27.4. The molecule has 0 aromatic carbocycles. The van der Waals surface area contributed by atoms with E-state index in [1.807, 2.05) is 0 Å². The lowest BCUT2D eigenvalue weighted by Crippen LogP contribution is -2.03. The molecule has 0 bridgehead atoms. The first kappa shape index (κ1) is 35.1. The lowest BCUT2D eigenvalue weighted by Gasteiger charge is -2.08. The Morgan fingerprint density at radius 1 is 0.368 bits per heavy atom. The normalized spacial score (nSPS) is 11.4. The van der Waals surface area contributed by atoms with Crippen LogP contribution in [0, 0.1) is 0 Å². The molecule has 0 saturated heterocycles. The molecule has 1 aromatic heterocycles. The summed E-state index contributed by atoms with van der Waals surface area (Å²) in [6, 6.07) is 2.32. The molecule has 0 aliphatic rings. The maximum absolute atomic E-state index is 4.85. The molecule has 0 saturated carbocycles. The summed E-state index contributed by atoms with van der Waals surface area (Å²) in [5, 5.41) is 0. The number of unbranched alkanes of at least 4 members (excludes halogenated alkanes) is 24. The minimum absolute atomic E-state index is 0.956. The van der Waals surface area contributed by atoms with Crippen molar-refractivity contribution in [1.29, 1.82) is 0 Å². The summed E-state index contributed by atoms with van der Waals surface area (Å²) < 4.78 is 0. The Morgan fingerprint density at radius 2 is 0.632 bits per heavy atom. The molecule has 0 amide bonds. The van der Waals surface area contributed by atoms with Crippen molar-refractivity contribution in [3.63, 3.8) is 0 Å². The summed E-state index contributed by atoms with van der Waals surface area (Å²) in [5.74, 6) is 1.06. The van der Waals surface area contributed by atoms with Gasteiger partial charge in [-0.1, -0.05) is 175 Å². The molecule has 0 radical (unpaired) electrons. The maximum atomic E-state index is 4.85. The minimum atomic E-state index is 0.956. The Morgan fingerprint density at radius 3 is 0.895 bits per heavy atom. The number of hydrogen-bond acceptors (Lipinski definition) is 2. The Hall–Kier alpha value is -0.920. The molecule has 0 aliphatic heterocycles. The van der Waals surface area contributed by atoms with Crippen molar-refractivity contribution in [3.05, 3.63) is 23.3 Å². The molecule has 0 atom stereocenters. The summed E-state index contributed by atoms with van der Waals surface area (Å²) in [7, 11) is 0. The third-order valence-electron chi connectivity index (χ3n) is 8.27. The Balaban J connectivity index is 2.03. The molecule has 2 heteroatoms. The highest BCUT2D eigenvalue weighted by Gasteiger charge is 2.05. The third kappa shape index (κ3) is 22.0. The Labute approximate surface area is 240 Å². The van der Waals surface area contributed by atoms with Crippen molar-refractivity contribution in [2.75, 3.05) is 0 Å². The molecule has 222 valence electrons. The maximum Gasteiger partial charge on any atom is 0.128 e. The highest BCUT2D eigenvalue weighted by molar-refractivity contribution is 5.12. The van der Waals surface area contributed by atoms with Crippen molar-refractivity contribution in [2.24, 2.45) is 0 Å². The average molecular weight is 529 g/mol. The number of aryl methyl sites for hydroxylation is 3. The quantitative estimate of drug-likeness (QED) is 0.0966. The molecule has 2 nitrogen and oxygen atoms in total. The molecular formula is C36H68N2. The largest absolute Gasteiger partial charge is 0.238 e. The smallest absolute Gasteiger partial charge is 0.128 e. The van der Waals surface area contributed by atoms with Crippen molar-refractivity contribution in [2.45, 2.75) is 207 Å². The van der Waals surface area contributed by atoms with E-state index in [0.717, 1.165) is 25.1 Å². The van der Waals surface area contributed by atoms with E-state index in [2.05, 4.69) is 26.8 Å². The molecule has 0 unspecified atom stereocenters. The molecule has 0 aliphatic carbocycles. The standard InChI is InChI=1S/C36H68N2/c1-4-7-9-11-13-15-17-19-21-23-25-27-29-31-34-33-35(38-36(6-3)37-34)32-30-28-26-24-22-20-18-16-14-12-10-8-5-2/h33H,4-32H2,1-3H3. The molecule has 38 heavy (non-hydrogen) atoms. The van der Waals surface area contributed by atoms with Gasteiger partial charge in [0.05, 0.1) is 0 Å². The highest BCUT2D eigenvalue weighted by Crippen LogP contribution is 2.16. The van der Waals surface area contributed by atoms with E-state index >= 15 is 0 Å². The van der Waals surface area contributed by atoms with Crippen LogP contribution in [0.2, 0.25) is 0 Å². The van der Waals surface area contributed by atoms with Crippen LogP contribution in [-0.2, 0) is 19.3 Å². The monoisotopic (exact) mass is 529 g/mol. The van der Waals surface area contributed by atoms with Gasteiger partial charge in [0.25, 0.3) is 0 Å². The van der Waals surface area contributed by atoms with E-state index in [1.54, 1.807) is 0 Å². The molecule has 1 heterocycles. The van der Waals surface area contributed by atoms with Crippen LogP contribution in [0.25, 0.3) is 0 Å². The van der Waals surface area contributed by atoms with Crippen LogP contribution in [0.4, 0.5) is 0 Å². The third-order valence-corrected chi connectivity index (χ3v) is 8.27. The van der Waals surface area contributed by atoms with Crippen LogP contribution in [0.15, 0.2) is 6.07 Å². The van der Waals surface area contributed by atoms with Gasteiger partial charge < -0.3 is 0 Å². The van der Waals surface area contributed by atoms with E-state index in [9.17, 15) is 0 Å². The number of aromatic nitrogens is 2. The fourth-order valence-corrected chi connectivity index (χ4v) is 5.68. The van der Waals surface area contributed by atoms with E-state index < -0.39 is 0 Å². The summed E-state index contributed by atoms with van der Waals surface area (Å²) >= 11 is 0. The van der Waals surface area contributed by atoms with Gasteiger partial charge in [-0.05, 0) is 31.7 Å². The molecule has 0 fully saturated rings. The van der Waals surface area contributed by atoms with Gasteiger partial charge in [-0.15, -0.1) is 0 Å². The minimum Gasteiger partial charge on any atom is -0.238 e. The van der Waals surface area contributed by atoms with Crippen molar-refractivity contribution < 1.29 is 0 Å². The lowest BCUT2D eigenvalue weighted by atomic mass is 10.0. The molecule has 1 rings (SSSR count). The van der Waals surface area contributed by atoms with E-state index in [0.29, 0.717) is 0 Å². The molecule has 0 N–H and O–H groups in total. The van der Waals surface area contributed by atoms with Crippen LogP contribution in [0.5, 0.6) is 0 Å². The van der Waals surface area contributed by atoms with Gasteiger partial charge >= 0.3 is 0 Å². The van der Waals surface area contributed by atoms with Crippen LogP contribution < -0.4 is 0 Å². The first-order valence-corrected chi connectivity index (χ1v) is 17.7. The molecule has 0 spiro atoms. The summed E-state index contributed by atoms with van der Waals surface area (Å²) in [6.45, 7) is 6.79. The van der Waals surface area contributed by atoms with Crippen molar-refractivity contribution >= 4 is 0 Å². The van der Waals surface area contributed by atoms with E-state index in [4.69, 9.17) is 9.97 Å². The Bertz CT molecular complexity index is 563. The zero-order valence-electron chi connectivity index (χ0n) is 26.5. The van der Waals surface area contributed by atoms with Gasteiger partial charge in [0, 0.05) is 17.8 Å². The fraction of sp³-hybridized carbons (Fsp3) is 0.889. The van der Waals surface area contributed by atoms with Crippen LogP contribution in [-0.4, -0.2) is 9.97 Å². The fourth-order valence-electron chi connectivity index (χ4n) is 5.68. The molecule has 1 aromatic rings. The first-order chi connectivity index (χ1) is 18.8. The second-order valence-electron chi connectivity index (χ2n) is 12.1. The first-order valence-electron chi connectivity index (χ1n) is 17.7.